The van der Waals surface area contributed by atoms with Gasteiger partial charge < -0.3 is 9.64 Å². The summed E-state index contributed by atoms with van der Waals surface area (Å²) < 4.78 is 5.12. The molecule has 0 atom stereocenters. The topological polar surface area (TPSA) is 46.6 Å². The van der Waals surface area contributed by atoms with Crippen molar-refractivity contribution in [2.45, 2.75) is 12.8 Å². The number of rotatable bonds is 5. The summed E-state index contributed by atoms with van der Waals surface area (Å²) in [5.41, 5.74) is 1.71. The fraction of sp³-hybridized carbons (Fsp3) is 0.273. The SMILES string of the molecule is COc1ccc(C=CC(=O)N2CCC(C(=O)c3ccccc3)CC2)cc1. The van der Waals surface area contributed by atoms with E-state index < -0.39 is 0 Å². The van der Waals surface area contributed by atoms with E-state index in [1.807, 2.05) is 65.6 Å². The van der Waals surface area contributed by atoms with Gasteiger partial charge in [-0.2, -0.15) is 0 Å². The molecule has 1 aliphatic heterocycles. The highest BCUT2D eigenvalue weighted by Crippen LogP contribution is 2.22. The molecule has 3 rings (SSSR count). The highest BCUT2D eigenvalue weighted by atomic mass is 16.5. The van der Waals surface area contributed by atoms with E-state index in [2.05, 4.69) is 0 Å². The van der Waals surface area contributed by atoms with Gasteiger partial charge in [0.2, 0.25) is 5.91 Å². The normalized spacial score (nSPS) is 15.2. The van der Waals surface area contributed by atoms with Gasteiger partial charge in [0.15, 0.2) is 5.78 Å². The van der Waals surface area contributed by atoms with E-state index in [1.165, 1.54) is 0 Å². The van der Waals surface area contributed by atoms with Gasteiger partial charge in [-0.05, 0) is 36.6 Å². The molecule has 0 N–H and O–H groups in total. The fourth-order valence-corrected chi connectivity index (χ4v) is 3.19. The minimum atomic E-state index is -0.00794. The molecule has 2 aromatic rings. The molecule has 0 radical (unpaired) electrons. The summed E-state index contributed by atoms with van der Waals surface area (Å²) in [6, 6.07) is 16.9. The average molecular weight is 349 g/mol. The maximum atomic E-state index is 12.5. The number of amides is 1. The first kappa shape index (κ1) is 17.9. The Morgan fingerprint density at radius 1 is 1.00 bits per heavy atom. The van der Waals surface area contributed by atoms with E-state index in [9.17, 15) is 9.59 Å². The van der Waals surface area contributed by atoms with Crippen LogP contribution in [-0.2, 0) is 4.79 Å². The maximum Gasteiger partial charge on any atom is 0.246 e. The Balaban J connectivity index is 1.53. The lowest BCUT2D eigenvalue weighted by molar-refractivity contribution is -0.127. The second-order valence-electron chi connectivity index (χ2n) is 6.44. The van der Waals surface area contributed by atoms with Crippen molar-refractivity contribution < 1.29 is 14.3 Å². The second kappa shape index (κ2) is 8.48. The van der Waals surface area contributed by atoms with E-state index in [0.29, 0.717) is 13.1 Å². The number of hydrogen-bond acceptors (Lipinski definition) is 3. The van der Waals surface area contributed by atoms with Crippen LogP contribution >= 0.6 is 0 Å². The van der Waals surface area contributed by atoms with Gasteiger partial charge >= 0.3 is 0 Å². The number of carbonyl (C=O) groups is 2. The molecule has 0 aromatic heterocycles. The van der Waals surface area contributed by atoms with Gasteiger partial charge in [-0.3, -0.25) is 9.59 Å². The number of likely N-dealkylation sites (tertiary alicyclic amines) is 1. The minimum Gasteiger partial charge on any atom is -0.497 e. The molecule has 4 heteroatoms. The Hall–Kier alpha value is -2.88. The molecular weight excluding hydrogens is 326 g/mol. The van der Waals surface area contributed by atoms with Crippen LogP contribution in [0.2, 0.25) is 0 Å². The molecule has 2 aromatic carbocycles. The summed E-state index contributed by atoms with van der Waals surface area (Å²) in [4.78, 5) is 26.7. The highest BCUT2D eigenvalue weighted by molar-refractivity contribution is 5.98. The quantitative estimate of drug-likeness (QED) is 0.609. The Kier molecular flexibility index (Phi) is 5.84. The summed E-state index contributed by atoms with van der Waals surface area (Å²) in [5, 5.41) is 0. The third-order valence-corrected chi connectivity index (χ3v) is 4.77. The Bertz CT molecular complexity index is 773. The first-order valence-electron chi connectivity index (χ1n) is 8.87. The lowest BCUT2D eigenvalue weighted by atomic mass is 9.89. The number of ether oxygens (including phenoxy) is 1. The minimum absolute atomic E-state index is 0.00650. The predicted molar refractivity (Wildman–Crippen MR) is 102 cm³/mol. The zero-order chi connectivity index (χ0) is 18.4. The van der Waals surface area contributed by atoms with Crippen LogP contribution in [0.4, 0.5) is 0 Å². The fourth-order valence-electron chi connectivity index (χ4n) is 3.19. The van der Waals surface area contributed by atoms with Crippen LogP contribution in [0, 0.1) is 5.92 Å². The predicted octanol–water partition coefficient (Wildman–Crippen LogP) is 3.83. The second-order valence-corrected chi connectivity index (χ2v) is 6.44. The van der Waals surface area contributed by atoms with Gasteiger partial charge in [-0.15, -0.1) is 0 Å². The molecular formula is C22H23NO3. The van der Waals surface area contributed by atoms with E-state index in [1.54, 1.807) is 13.2 Å². The van der Waals surface area contributed by atoms with Crippen LogP contribution in [0.3, 0.4) is 0 Å². The van der Waals surface area contributed by atoms with Crippen LogP contribution in [0.15, 0.2) is 60.7 Å². The van der Waals surface area contributed by atoms with Crippen LogP contribution in [0.1, 0.15) is 28.8 Å². The molecule has 134 valence electrons. The third-order valence-electron chi connectivity index (χ3n) is 4.77. The highest BCUT2D eigenvalue weighted by Gasteiger charge is 2.27. The van der Waals surface area contributed by atoms with Crippen LogP contribution in [-0.4, -0.2) is 36.8 Å². The average Bonchev–Trinajstić information content (AvgIpc) is 2.72. The van der Waals surface area contributed by atoms with Crippen LogP contribution < -0.4 is 4.74 Å². The number of ketones is 1. The van der Waals surface area contributed by atoms with Gasteiger partial charge in [0.25, 0.3) is 0 Å². The molecule has 1 amide bonds. The molecule has 1 aliphatic rings. The van der Waals surface area contributed by atoms with Crippen molar-refractivity contribution in [2.75, 3.05) is 20.2 Å². The first-order chi connectivity index (χ1) is 12.7. The molecule has 1 fully saturated rings. The zero-order valence-electron chi connectivity index (χ0n) is 14.9. The molecule has 4 nitrogen and oxygen atoms in total. The molecule has 0 spiro atoms. The van der Waals surface area contributed by atoms with Crippen molar-refractivity contribution in [3.8, 4) is 5.75 Å². The molecule has 1 heterocycles. The number of benzene rings is 2. The van der Waals surface area contributed by atoms with E-state index >= 15 is 0 Å². The van der Waals surface area contributed by atoms with Crippen molar-refractivity contribution in [3.05, 3.63) is 71.8 Å². The summed E-state index contributed by atoms with van der Waals surface area (Å²) in [6.45, 7) is 1.24. The summed E-state index contributed by atoms with van der Waals surface area (Å²) >= 11 is 0. The number of Topliss-reactive ketones (excluding diaryl/α,β-unsaturated/α-hetero) is 1. The number of hydrogen-bond donors (Lipinski definition) is 0. The van der Waals surface area contributed by atoms with Crippen LogP contribution in [0.25, 0.3) is 6.08 Å². The van der Waals surface area contributed by atoms with Gasteiger partial charge in [0.1, 0.15) is 5.75 Å². The van der Waals surface area contributed by atoms with Crippen molar-refractivity contribution in [3.63, 3.8) is 0 Å². The van der Waals surface area contributed by atoms with Crippen LogP contribution in [0.5, 0.6) is 5.75 Å². The monoisotopic (exact) mass is 349 g/mol. The van der Waals surface area contributed by atoms with Crippen molar-refractivity contribution in [1.29, 1.82) is 0 Å². The molecule has 0 bridgehead atoms. The number of carbonyl (C=O) groups excluding carboxylic acids is 2. The number of nitrogens with zero attached hydrogens (tertiary/aromatic N) is 1. The molecule has 0 aliphatic carbocycles. The largest absolute Gasteiger partial charge is 0.497 e. The van der Waals surface area contributed by atoms with Crippen molar-refractivity contribution in [1.82, 2.24) is 4.90 Å². The van der Waals surface area contributed by atoms with E-state index in [4.69, 9.17) is 4.74 Å². The molecule has 26 heavy (non-hydrogen) atoms. The zero-order valence-corrected chi connectivity index (χ0v) is 14.9. The molecule has 0 saturated carbocycles. The van der Waals surface area contributed by atoms with E-state index in [-0.39, 0.29) is 17.6 Å². The summed E-state index contributed by atoms with van der Waals surface area (Å²) in [6.07, 6.45) is 4.84. The van der Waals surface area contributed by atoms with Crippen molar-refractivity contribution >= 4 is 17.8 Å². The molecule has 1 saturated heterocycles. The Morgan fingerprint density at radius 3 is 2.27 bits per heavy atom. The first-order valence-corrected chi connectivity index (χ1v) is 8.87. The standard InChI is InChI=1S/C22H23NO3/c1-26-20-10-7-17(8-11-20)9-12-21(24)23-15-13-19(14-16-23)22(25)18-5-3-2-4-6-18/h2-12,19H,13-16H2,1H3. The van der Waals surface area contributed by atoms with Gasteiger partial charge in [0, 0.05) is 30.6 Å². The Labute approximate surface area is 154 Å². The van der Waals surface area contributed by atoms with Gasteiger partial charge in [-0.25, -0.2) is 0 Å². The molecule has 0 unspecified atom stereocenters. The number of methoxy groups -OCH3 is 1. The number of piperidine rings is 1. The van der Waals surface area contributed by atoms with Gasteiger partial charge in [-0.1, -0.05) is 42.5 Å². The van der Waals surface area contributed by atoms with E-state index in [0.717, 1.165) is 29.7 Å². The third kappa shape index (κ3) is 4.39. The van der Waals surface area contributed by atoms with Crippen molar-refractivity contribution in [2.24, 2.45) is 5.92 Å². The summed E-state index contributed by atoms with van der Waals surface area (Å²) in [5.74, 6) is 0.976. The van der Waals surface area contributed by atoms with Gasteiger partial charge in [0.05, 0.1) is 7.11 Å². The Morgan fingerprint density at radius 2 is 1.65 bits per heavy atom. The maximum absolute atomic E-state index is 12.5. The lowest BCUT2D eigenvalue weighted by Gasteiger charge is -2.30. The lowest BCUT2D eigenvalue weighted by Crippen LogP contribution is -2.39. The smallest absolute Gasteiger partial charge is 0.246 e. The summed E-state index contributed by atoms with van der Waals surface area (Å²) in [7, 11) is 1.63.